The topological polar surface area (TPSA) is 61.0 Å². The van der Waals surface area contributed by atoms with Gasteiger partial charge in [0.2, 0.25) is 5.28 Å². The minimum absolute atomic E-state index is 0.223. The summed E-state index contributed by atoms with van der Waals surface area (Å²) in [4.78, 5) is 8.36. The lowest BCUT2D eigenvalue weighted by atomic mass is 10.1. The van der Waals surface area contributed by atoms with Crippen molar-refractivity contribution in [3.8, 4) is 5.75 Å². The van der Waals surface area contributed by atoms with Crippen LogP contribution in [0.3, 0.4) is 0 Å². The quantitative estimate of drug-likeness (QED) is 0.827. The van der Waals surface area contributed by atoms with E-state index in [-0.39, 0.29) is 5.28 Å². The van der Waals surface area contributed by atoms with Crippen LogP contribution < -0.4 is 10.5 Å². The highest BCUT2D eigenvalue weighted by Gasteiger charge is 2.09. The Balaban J connectivity index is 2.72. The number of nitrogens with zero attached hydrogens (tertiary/aromatic N) is 2. The average Bonchev–Trinajstić information content (AvgIpc) is 2.28. The van der Waals surface area contributed by atoms with Crippen molar-refractivity contribution in [3.63, 3.8) is 0 Å². The predicted molar refractivity (Wildman–Crippen MR) is 63.9 cm³/mol. The second kappa shape index (κ2) is 4.63. The van der Waals surface area contributed by atoms with Gasteiger partial charge in [-0.1, -0.05) is 12.1 Å². The van der Waals surface area contributed by atoms with Gasteiger partial charge in [0.05, 0.1) is 12.8 Å². The molecule has 0 saturated heterocycles. The Morgan fingerprint density at radius 3 is 2.88 bits per heavy atom. The highest BCUT2D eigenvalue weighted by atomic mass is 35.5. The first-order valence-electron chi connectivity index (χ1n) is 4.95. The van der Waals surface area contributed by atoms with E-state index in [1.807, 2.05) is 18.2 Å². The summed E-state index contributed by atoms with van der Waals surface area (Å²) in [5.41, 5.74) is 7.13. The second-order valence-electron chi connectivity index (χ2n) is 3.33. The van der Waals surface area contributed by atoms with E-state index in [1.54, 1.807) is 7.11 Å². The summed E-state index contributed by atoms with van der Waals surface area (Å²) in [5.74, 6) is 0.695. The number of benzene rings is 1. The van der Waals surface area contributed by atoms with Crippen LogP contribution in [-0.2, 0) is 6.42 Å². The molecule has 16 heavy (non-hydrogen) atoms. The lowest BCUT2D eigenvalue weighted by Crippen LogP contribution is -2.06. The fraction of sp³-hybridized carbons (Fsp3) is 0.273. The van der Waals surface area contributed by atoms with Gasteiger partial charge >= 0.3 is 0 Å². The third-order valence-corrected chi connectivity index (χ3v) is 2.51. The summed E-state index contributed by atoms with van der Waals surface area (Å²) >= 11 is 5.87. The number of hydrogen-bond donors (Lipinski definition) is 1. The minimum Gasteiger partial charge on any atom is -0.494 e. The number of aromatic nitrogens is 2. The van der Waals surface area contributed by atoms with Crippen LogP contribution in [0.25, 0.3) is 10.9 Å². The normalized spacial score (nSPS) is 10.7. The van der Waals surface area contributed by atoms with Gasteiger partial charge in [0, 0.05) is 11.8 Å². The van der Waals surface area contributed by atoms with Gasteiger partial charge in [0.15, 0.2) is 0 Å². The van der Waals surface area contributed by atoms with Gasteiger partial charge in [0.1, 0.15) is 11.3 Å². The van der Waals surface area contributed by atoms with Gasteiger partial charge < -0.3 is 10.5 Å². The summed E-state index contributed by atoms with van der Waals surface area (Å²) in [5, 5.41) is 1.16. The van der Waals surface area contributed by atoms with Crippen LogP contribution in [0.2, 0.25) is 5.28 Å². The van der Waals surface area contributed by atoms with Crippen LogP contribution in [0.15, 0.2) is 18.2 Å². The molecule has 0 aliphatic rings. The van der Waals surface area contributed by atoms with E-state index in [2.05, 4.69) is 9.97 Å². The van der Waals surface area contributed by atoms with E-state index in [1.165, 1.54) is 0 Å². The summed E-state index contributed by atoms with van der Waals surface area (Å²) < 4.78 is 5.24. The molecule has 0 aliphatic carbocycles. The molecule has 0 bridgehead atoms. The van der Waals surface area contributed by atoms with Crippen LogP contribution >= 0.6 is 11.6 Å². The van der Waals surface area contributed by atoms with E-state index in [9.17, 15) is 0 Å². The molecule has 0 unspecified atom stereocenters. The molecule has 0 saturated carbocycles. The van der Waals surface area contributed by atoms with Gasteiger partial charge in [-0.05, 0) is 24.2 Å². The van der Waals surface area contributed by atoms with Crippen molar-refractivity contribution in [2.45, 2.75) is 6.42 Å². The molecule has 2 N–H and O–H groups in total. The van der Waals surface area contributed by atoms with Crippen LogP contribution in [0, 0.1) is 0 Å². The second-order valence-corrected chi connectivity index (χ2v) is 3.67. The van der Waals surface area contributed by atoms with Gasteiger partial charge in [-0.15, -0.1) is 0 Å². The molecule has 2 aromatic rings. The zero-order valence-corrected chi connectivity index (χ0v) is 9.66. The van der Waals surface area contributed by atoms with Crippen molar-refractivity contribution < 1.29 is 4.74 Å². The lowest BCUT2D eigenvalue weighted by Gasteiger charge is -2.08. The molecule has 0 fully saturated rings. The molecule has 1 aromatic heterocycles. The van der Waals surface area contributed by atoms with E-state index < -0.39 is 0 Å². The van der Waals surface area contributed by atoms with E-state index >= 15 is 0 Å². The molecular formula is C11H12ClN3O. The molecule has 0 aliphatic heterocycles. The van der Waals surface area contributed by atoms with E-state index in [0.29, 0.717) is 18.7 Å². The van der Waals surface area contributed by atoms with Gasteiger partial charge in [0.25, 0.3) is 0 Å². The monoisotopic (exact) mass is 237 g/mol. The summed E-state index contributed by atoms with van der Waals surface area (Å²) in [6.45, 7) is 0.527. The number of halogens is 1. The third-order valence-electron chi connectivity index (χ3n) is 2.34. The van der Waals surface area contributed by atoms with Crippen LogP contribution in [0.5, 0.6) is 5.75 Å². The third kappa shape index (κ3) is 1.94. The number of rotatable bonds is 3. The molecule has 4 nitrogen and oxygen atoms in total. The standard InChI is InChI=1S/C11H12ClN3O/c1-16-9-4-2-3-7-8(5-6-13)14-11(12)15-10(7)9/h2-4H,5-6,13H2,1H3. The SMILES string of the molecule is COc1cccc2c(CCN)nc(Cl)nc12. The smallest absolute Gasteiger partial charge is 0.223 e. The minimum atomic E-state index is 0.223. The predicted octanol–water partition coefficient (Wildman–Crippen LogP) is 1.79. The first-order chi connectivity index (χ1) is 7.76. The molecule has 0 spiro atoms. The van der Waals surface area contributed by atoms with E-state index in [0.717, 1.165) is 16.6 Å². The Kier molecular flexibility index (Phi) is 3.22. The number of nitrogens with two attached hydrogens (primary N) is 1. The molecule has 84 valence electrons. The van der Waals surface area contributed by atoms with Crippen LogP contribution in [-0.4, -0.2) is 23.6 Å². The van der Waals surface area contributed by atoms with E-state index in [4.69, 9.17) is 22.1 Å². The molecule has 0 radical (unpaired) electrons. The van der Waals surface area contributed by atoms with Crippen LogP contribution in [0.4, 0.5) is 0 Å². The highest BCUT2D eigenvalue weighted by molar-refractivity contribution is 6.28. The molecule has 2 rings (SSSR count). The highest BCUT2D eigenvalue weighted by Crippen LogP contribution is 2.26. The van der Waals surface area contributed by atoms with Gasteiger partial charge in [-0.25, -0.2) is 9.97 Å². The first-order valence-corrected chi connectivity index (χ1v) is 5.33. The molecule has 0 amide bonds. The van der Waals surface area contributed by atoms with Crippen molar-refractivity contribution in [1.82, 2.24) is 9.97 Å². The van der Waals surface area contributed by atoms with Crippen molar-refractivity contribution in [2.24, 2.45) is 5.73 Å². The van der Waals surface area contributed by atoms with Gasteiger partial charge in [-0.3, -0.25) is 0 Å². The summed E-state index contributed by atoms with van der Waals surface area (Å²) in [7, 11) is 1.60. The maximum atomic E-state index is 5.87. The molecule has 5 heteroatoms. The fourth-order valence-corrected chi connectivity index (χ4v) is 1.84. The zero-order chi connectivity index (χ0) is 11.5. The maximum absolute atomic E-state index is 5.87. The van der Waals surface area contributed by atoms with Crippen LogP contribution in [0.1, 0.15) is 5.69 Å². The van der Waals surface area contributed by atoms with Crippen molar-refractivity contribution in [3.05, 3.63) is 29.2 Å². The maximum Gasteiger partial charge on any atom is 0.223 e. The average molecular weight is 238 g/mol. The molecule has 1 heterocycles. The molecular weight excluding hydrogens is 226 g/mol. The van der Waals surface area contributed by atoms with Crippen molar-refractivity contribution in [2.75, 3.05) is 13.7 Å². The Morgan fingerprint density at radius 2 is 2.19 bits per heavy atom. The Bertz CT molecular complexity index is 516. The van der Waals surface area contributed by atoms with Crippen molar-refractivity contribution >= 4 is 22.5 Å². The summed E-state index contributed by atoms with van der Waals surface area (Å²) in [6.07, 6.45) is 0.673. The number of methoxy groups -OCH3 is 1. The molecule has 1 aromatic carbocycles. The van der Waals surface area contributed by atoms with Gasteiger partial charge in [-0.2, -0.15) is 0 Å². The molecule has 0 atom stereocenters. The largest absolute Gasteiger partial charge is 0.494 e. The van der Waals surface area contributed by atoms with Crippen molar-refractivity contribution in [1.29, 1.82) is 0 Å². The number of ether oxygens (including phenoxy) is 1. The zero-order valence-electron chi connectivity index (χ0n) is 8.90. The number of fused-ring (bicyclic) bond motifs is 1. The number of para-hydroxylation sites is 1. The summed E-state index contributed by atoms with van der Waals surface area (Å²) in [6, 6.07) is 5.69. The Morgan fingerprint density at radius 1 is 1.38 bits per heavy atom. The lowest BCUT2D eigenvalue weighted by molar-refractivity contribution is 0.419. The first kappa shape index (κ1) is 11.1. The number of hydrogen-bond acceptors (Lipinski definition) is 4. The fourth-order valence-electron chi connectivity index (χ4n) is 1.65. The Hall–Kier alpha value is -1.39. The Labute approximate surface area is 98.4 Å².